The van der Waals surface area contributed by atoms with Gasteiger partial charge in [-0.15, -0.1) is 0 Å². The van der Waals surface area contributed by atoms with Crippen molar-refractivity contribution in [2.75, 3.05) is 26.8 Å². The minimum atomic E-state index is -0.380. The van der Waals surface area contributed by atoms with Crippen molar-refractivity contribution in [2.45, 2.75) is 19.4 Å². The number of primary amides is 1. The van der Waals surface area contributed by atoms with Gasteiger partial charge in [-0.1, -0.05) is 0 Å². The Bertz CT molecular complexity index is 209. The van der Waals surface area contributed by atoms with E-state index in [0.29, 0.717) is 13.2 Å². The highest BCUT2D eigenvalue weighted by Gasteiger charge is 2.07. The van der Waals surface area contributed by atoms with Gasteiger partial charge in [-0.3, -0.25) is 9.59 Å². The van der Waals surface area contributed by atoms with E-state index in [4.69, 9.17) is 10.5 Å². The van der Waals surface area contributed by atoms with Crippen LogP contribution < -0.4 is 16.4 Å². The highest BCUT2D eigenvalue weighted by Crippen LogP contribution is 1.87. The van der Waals surface area contributed by atoms with Crippen LogP contribution in [-0.2, 0) is 14.3 Å². The number of nitrogens with one attached hydrogen (secondary N) is 2. The molecule has 0 heterocycles. The molecule has 0 fully saturated rings. The van der Waals surface area contributed by atoms with Crippen LogP contribution in [0.2, 0.25) is 0 Å². The van der Waals surface area contributed by atoms with Crippen LogP contribution in [0.3, 0.4) is 0 Å². The van der Waals surface area contributed by atoms with Crippen molar-refractivity contribution in [1.29, 1.82) is 0 Å². The second-order valence-corrected chi connectivity index (χ2v) is 3.30. The third-order valence-corrected chi connectivity index (χ3v) is 1.75. The predicted molar refractivity (Wildman–Crippen MR) is 56.2 cm³/mol. The van der Waals surface area contributed by atoms with E-state index < -0.39 is 0 Å². The van der Waals surface area contributed by atoms with Crippen molar-refractivity contribution in [3.05, 3.63) is 0 Å². The summed E-state index contributed by atoms with van der Waals surface area (Å²) in [6, 6.07) is -0.0873. The van der Waals surface area contributed by atoms with Gasteiger partial charge < -0.3 is 21.1 Å². The molecule has 0 spiro atoms. The number of carbonyl (C=O) groups is 2. The summed E-state index contributed by atoms with van der Waals surface area (Å²) in [5, 5.41) is 5.54. The van der Waals surface area contributed by atoms with Crippen LogP contribution >= 0.6 is 0 Å². The standard InChI is InChI=1S/C9H19N3O3/c1-7(5-8(10)13)12-6-9(14)11-3-4-15-2/h7,12H,3-6H2,1-2H3,(H2,10,13)(H,11,14). The van der Waals surface area contributed by atoms with E-state index >= 15 is 0 Å². The number of carbonyl (C=O) groups excluding carboxylic acids is 2. The Labute approximate surface area is 89.5 Å². The van der Waals surface area contributed by atoms with Crippen LogP contribution in [0.4, 0.5) is 0 Å². The van der Waals surface area contributed by atoms with Gasteiger partial charge in [0.15, 0.2) is 0 Å². The van der Waals surface area contributed by atoms with E-state index in [0.717, 1.165) is 0 Å². The van der Waals surface area contributed by atoms with Crippen LogP contribution in [0, 0.1) is 0 Å². The zero-order chi connectivity index (χ0) is 11.7. The fourth-order valence-corrected chi connectivity index (χ4v) is 0.996. The molecule has 0 aliphatic heterocycles. The fraction of sp³-hybridized carbons (Fsp3) is 0.778. The van der Waals surface area contributed by atoms with E-state index in [1.807, 2.05) is 0 Å². The molecule has 0 saturated heterocycles. The van der Waals surface area contributed by atoms with Crippen molar-refractivity contribution in [2.24, 2.45) is 5.73 Å². The largest absolute Gasteiger partial charge is 0.383 e. The van der Waals surface area contributed by atoms with E-state index in [-0.39, 0.29) is 30.8 Å². The lowest BCUT2D eigenvalue weighted by Crippen LogP contribution is -2.40. The van der Waals surface area contributed by atoms with Crippen LogP contribution in [0.5, 0.6) is 0 Å². The molecule has 0 bridgehead atoms. The van der Waals surface area contributed by atoms with Crippen LogP contribution in [0.1, 0.15) is 13.3 Å². The van der Waals surface area contributed by atoms with Crippen molar-refractivity contribution in [1.82, 2.24) is 10.6 Å². The van der Waals surface area contributed by atoms with Crippen LogP contribution in [0.15, 0.2) is 0 Å². The summed E-state index contributed by atoms with van der Waals surface area (Å²) in [6.07, 6.45) is 0.228. The summed E-state index contributed by atoms with van der Waals surface area (Å²) >= 11 is 0. The molecule has 0 rings (SSSR count). The second kappa shape index (κ2) is 8.19. The first kappa shape index (κ1) is 13.9. The normalized spacial score (nSPS) is 12.1. The summed E-state index contributed by atoms with van der Waals surface area (Å²) in [4.78, 5) is 21.7. The van der Waals surface area contributed by atoms with Crippen molar-refractivity contribution in [3.63, 3.8) is 0 Å². The molecule has 6 heteroatoms. The molecule has 0 aromatic carbocycles. The Morgan fingerprint density at radius 2 is 2.13 bits per heavy atom. The average Bonchev–Trinajstić information content (AvgIpc) is 2.14. The zero-order valence-electron chi connectivity index (χ0n) is 9.21. The number of hydrogen-bond acceptors (Lipinski definition) is 4. The molecule has 15 heavy (non-hydrogen) atoms. The summed E-state index contributed by atoms with van der Waals surface area (Å²) in [6.45, 7) is 2.95. The average molecular weight is 217 g/mol. The molecule has 1 atom stereocenters. The van der Waals surface area contributed by atoms with Gasteiger partial charge in [0, 0.05) is 26.1 Å². The fourth-order valence-electron chi connectivity index (χ4n) is 0.996. The Morgan fingerprint density at radius 3 is 2.67 bits per heavy atom. The van der Waals surface area contributed by atoms with Crippen molar-refractivity contribution in [3.8, 4) is 0 Å². The monoisotopic (exact) mass is 217 g/mol. The number of methoxy groups -OCH3 is 1. The number of rotatable bonds is 8. The van der Waals surface area contributed by atoms with Gasteiger partial charge in [0.1, 0.15) is 0 Å². The maximum absolute atomic E-state index is 11.2. The summed E-state index contributed by atoms with van der Waals surface area (Å²) < 4.78 is 4.77. The van der Waals surface area contributed by atoms with Gasteiger partial charge >= 0.3 is 0 Å². The van der Waals surface area contributed by atoms with Crippen molar-refractivity contribution < 1.29 is 14.3 Å². The molecule has 0 aliphatic carbocycles. The van der Waals surface area contributed by atoms with Crippen LogP contribution in [-0.4, -0.2) is 44.7 Å². The summed E-state index contributed by atoms with van der Waals surface area (Å²) in [7, 11) is 1.57. The Morgan fingerprint density at radius 1 is 1.47 bits per heavy atom. The van der Waals surface area contributed by atoms with Gasteiger partial charge in [-0.05, 0) is 6.92 Å². The molecule has 6 nitrogen and oxygen atoms in total. The third kappa shape index (κ3) is 9.17. The van der Waals surface area contributed by atoms with Gasteiger partial charge in [0.2, 0.25) is 11.8 Å². The quantitative estimate of drug-likeness (QED) is 0.436. The van der Waals surface area contributed by atoms with Gasteiger partial charge in [0.25, 0.3) is 0 Å². The second-order valence-electron chi connectivity index (χ2n) is 3.30. The molecule has 1 unspecified atom stereocenters. The van der Waals surface area contributed by atoms with E-state index in [1.165, 1.54) is 0 Å². The van der Waals surface area contributed by atoms with Gasteiger partial charge in [-0.25, -0.2) is 0 Å². The Kier molecular flexibility index (Phi) is 7.57. The minimum Gasteiger partial charge on any atom is -0.383 e. The predicted octanol–water partition coefficient (Wildman–Crippen LogP) is -1.40. The lowest BCUT2D eigenvalue weighted by atomic mass is 10.2. The maximum Gasteiger partial charge on any atom is 0.234 e. The zero-order valence-corrected chi connectivity index (χ0v) is 9.21. The number of ether oxygens (including phenoxy) is 1. The van der Waals surface area contributed by atoms with Crippen LogP contribution in [0.25, 0.3) is 0 Å². The van der Waals surface area contributed by atoms with E-state index in [9.17, 15) is 9.59 Å². The summed E-state index contributed by atoms with van der Waals surface area (Å²) in [5.41, 5.74) is 5.00. The van der Waals surface area contributed by atoms with E-state index in [2.05, 4.69) is 10.6 Å². The lowest BCUT2D eigenvalue weighted by molar-refractivity contribution is -0.121. The first-order valence-corrected chi connectivity index (χ1v) is 4.83. The third-order valence-electron chi connectivity index (χ3n) is 1.75. The Hall–Kier alpha value is -1.14. The molecule has 0 aliphatic rings. The highest BCUT2D eigenvalue weighted by molar-refractivity contribution is 5.78. The molecular formula is C9H19N3O3. The molecule has 0 aromatic rings. The van der Waals surface area contributed by atoms with E-state index in [1.54, 1.807) is 14.0 Å². The SMILES string of the molecule is COCCNC(=O)CNC(C)CC(N)=O. The minimum absolute atomic E-state index is 0.0873. The maximum atomic E-state index is 11.2. The van der Waals surface area contributed by atoms with Gasteiger partial charge in [-0.2, -0.15) is 0 Å². The highest BCUT2D eigenvalue weighted by atomic mass is 16.5. The van der Waals surface area contributed by atoms with Crippen molar-refractivity contribution >= 4 is 11.8 Å². The Balaban J connectivity index is 3.48. The smallest absolute Gasteiger partial charge is 0.234 e. The topological polar surface area (TPSA) is 93.4 Å². The molecule has 0 radical (unpaired) electrons. The molecule has 88 valence electrons. The molecular weight excluding hydrogens is 198 g/mol. The van der Waals surface area contributed by atoms with Gasteiger partial charge in [0.05, 0.1) is 13.2 Å². The number of amides is 2. The number of nitrogens with two attached hydrogens (primary N) is 1. The first-order valence-electron chi connectivity index (χ1n) is 4.83. The number of hydrogen-bond donors (Lipinski definition) is 3. The summed E-state index contributed by atoms with van der Waals surface area (Å²) in [5.74, 6) is -0.502. The first-order chi connectivity index (χ1) is 7.06. The lowest BCUT2D eigenvalue weighted by Gasteiger charge is -2.11. The molecule has 2 amide bonds. The molecule has 0 aromatic heterocycles. The molecule has 4 N–H and O–H groups in total. The molecule has 0 saturated carbocycles.